The summed E-state index contributed by atoms with van der Waals surface area (Å²) in [6.07, 6.45) is 1.65. The maximum atomic E-state index is 5.99. The molecule has 0 N–H and O–H groups in total. The zero-order valence-corrected chi connectivity index (χ0v) is 13.6. The molecular weight excluding hydrogens is 355 g/mol. The third kappa shape index (κ3) is 3.38. The van der Waals surface area contributed by atoms with E-state index in [2.05, 4.69) is 37.3 Å². The third-order valence-electron chi connectivity index (χ3n) is 2.47. The molecule has 0 amide bonds. The Balaban J connectivity index is 2.15. The number of hydrogen-bond donors (Lipinski definition) is 0. The summed E-state index contributed by atoms with van der Waals surface area (Å²) >= 11 is 17.0. The summed E-state index contributed by atoms with van der Waals surface area (Å²) in [6, 6.07) is 4.04. The van der Waals surface area contributed by atoms with Crippen LogP contribution < -0.4 is 4.90 Å². The lowest BCUT2D eigenvalue weighted by Crippen LogP contribution is -2.17. The van der Waals surface area contributed by atoms with Crippen molar-refractivity contribution in [1.29, 1.82) is 0 Å². The molecule has 6 heteroatoms. The van der Waals surface area contributed by atoms with Crippen LogP contribution in [0.2, 0.25) is 5.02 Å². The van der Waals surface area contributed by atoms with Crippen LogP contribution >= 0.6 is 50.5 Å². The number of thiophene rings is 1. The molecule has 0 aromatic carbocycles. The predicted octanol–water partition coefficient (Wildman–Crippen LogP) is 4.93. The molecule has 0 fully saturated rings. The summed E-state index contributed by atoms with van der Waals surface area (Å²) in [5, 5.41) is 2.68. The fraction of sp³-hybridized carbons (Fsp3) is 0.250. The Morgan fingerprint density at radius 1 is 1.44 bits per heavy atom. The summed E-state index contributed by atoms with van der Waals surface area (Å²) in [6.45, 7) is 0.812. The Morgan fingerprint density at radius 2 is 2.22 bits per heavy atom. The van der Waals surface area contributed by atoms with E-state index in [0.717, 1.165) is 22.4 Å². The van der Waals surface area contributed by atoms with Crippen LogP contribution in [0.1, 0.15) is 10.4 Å². The van der Waals surface area contributed by atoms with Gasteiger partial charge in [-0.15, -0.1) is 22.9 Å². The average Bonchev–Trinajstić information content (AvgIpc) is 2.75. The van der Waals surface area contributed by atoms with Crippen molar-refractivity contribution in [3.63, 3.8) is 0 Å². The normalized spacial score (nSPS) is 10.7. The molecule has 2 nitrogen and oxygen atoms in total. The topological polar surface area (TPSA) is 16.1 Å². The molecule has 2 rings (SSSR count). The maximum absolute atomic E-state index is 5.99. The third-order valence-corrected chi connectivity index (χ3v) is 4.78. The van der Waals surface area contributed by atoms with E-state index in [1.54, 1.807) is 17.5 Å². The van der Waals surface area contributed by atoms with Gasteiger partial charge < -0.3 is 4.90 Å². The summed E-state index contributed by atoms with van der Waals surface area (Å²) < 4.78 is 1.11. The standard InChI is InChI=1S/C12H11BrCl2N2S/c1-17(6-10-3-9(13)7-18-10)12-2-8(4-14)11(15)5-16-12/h2-3,5,7H,4,6H2,1H3. The molecule has 18 heavy (non-hydrogen) atoms. The van der Waals surface area contributed by atoms with Crippen molar-refractivity contribution in [2.24, 2.45) is 0 Å². The Labute approximate surface area is 129 Å². The Morgan fingerprint density at radius 3 is 2.83 bits per heavy atom. The molecular formula is C12H11BrCl2N2S. The van der Waals surface area contributed by atoms with Gasteiger partial charge in [0.2, 0.25) is 0 Å². The van der Waals surface area contributed by atoms with E-state index >= 15 is 0 Å². The van der Waals surface area contributed by atoms with Gasteiger partial charge >= 0.3 is 0 Å². The van der Waals surface area contributed by atoms with Crippen LogP contribution in [0, 0.1) is 0 Å². The quantitative estimate of drug-likeness (QED) is 0.713. The minimum atomic E-state index is 0.396. The molecule has 0 unspecified atom stereocenters. The minimum Gasteiger partial charge on any atom is -0.355 e. The fourth-order valence-corrected chi connectivity index (χ4v) is 3.49. The van der Waals surface area contributed by atoms with E-state index in [4.69, 9.17) is 23.2 Å². The second kappa shape index (κ2) is 6.24. The highest BCUT2D eigenvalue weighted by atomic mass is 79.9. The minimum absolute atomic E-state index is 0.396. The van der Waals surface area contributed by atoms with E-state index in [1.807, 2.05) is 13.1 Å². The highest BCUT2D eigenvalue weighted by molar-refractivity contribution is 9.10. The lowest BCUT2D eigenvalue weighted by molar-refractivity contribution is 0.910. The van der Waals surface area contributed by atoms with Crippen LogP contribution in [0.5, 0.6) is 0 Å². The fourth-order valence-electron chi connectivity index (χ4n) is 1.53. The van der Waals surface area contributed by atoms with Crippen LogP contribution in [-0.4, -0.2) is 12.0 Å². The second-order valence-electron chi connectivity index (χ2n) is 3.85. The molecule has 2 aromatic rings. The summed E-state index contributed by atoms with van der Waals surface area (Å²) in [5.41, 5.74) is 0.905. The first-order chi connectivity index (χ1) is 8.60. The Bertz CT molecular complexity index is 545. The van der Waals surface area contributed by atoms with Crippen molar-refractivity contribution in [2.45, 2.75) is 12.4 Å². The lowest BCUT2D eigenvalue weighted by atomic mass is 10.3. The Hall–Kier alpha value is -0.290. The van der Waals surface area contributed by atoms with Crippen molar-refractivity contribution in [3.8, 4) is 0 Å². The van der Waals surface area contributed by atoms with Gasteiger partial charge in [-0.1, -0.05) is 11.6 Å². The molecule has 0 bridgehead atoms. The van der Waals surface area contributed by atoms with Crippen LogP contribution in [0.15, 0.2) is 28.2 Å². The van der Waals surface area contributed by atoms with E-state index in [9.17, 15) is 0 Å². The van der Waals surface area contributed by atoms with Crippen LogP contribution in [0.4, 0.5) is 5.82 Å². The van der Waals surface area contributed by atoms with E-state index in [1.165, 1.54) is 4.88 Å². The number of alkyl halides is 1. The van der Waals surface area contributed by atoms with Gasteiger partial charge in [-0.2, -0.15) is 0 Å². The van der Waals surface area contributed by atoms with E-state index in [-0.39, 0.29) is 0 Å². The highest BCUT2D eigenvalue weighted by Crippen LogP contribution is 2.25. The number of aromatic nitrogens is 1. The first-order valence-electron chi connectivity index (χ1n) is 5.24. The molecule has 2 heterocycles. The van der Waals surface area contributed by atoms with Crippen LogP contribution in [-0.2, 0) is 12.4 Å². The highest BCUT2D eigenvalue weighted by Gasteiger charge is 2.08. The molecule has 0 radical (unpaired) electrons. The maximum Gasteiger partial charge on any atom is 0.128 e. The average molecular weight is 366 g/mol. The number of nitrogens with zero attached hydrogens (tertiary/aromatic N) is 2. The van der Waals surface area contributed by atoms with Crippen molar-refractivity contribution in [1.82, 2.24) is 4.98 Å². The van der Waals surface area contributed by atoms with Crippen LogP contribution in [0.25, 0.3) is 0 Å². The number of rotatable bonds is 4. The first kappa shape index (κ1) is 14.1. The van der Waals surface area contributed by atoms with Gasteiger partial charge in [-0.3, -0.25) is 0 Å². The van der Waals surface area contributed by atoms with E-state index in [0.29, 0.717) is 10.9 Å². The molecule has 0 aliphatic heterocycles. The van der Waals surface area contributed by atoms with E-state index < -0.39 is 0 Å². The predicted molar refractivity (Wildman–Crippen MR) is 82.9 cm³/mol. The molecule has 0 spiro atoms. The van der Waals surface area contributed by atoms with Crippen molar-refractivity contribution >= 4 is 56.3 Å². The van der Waals surface area contributed by atoms with Gasteiger partial charge in [-0.25, -0.2) is 4.98 Å². The monoisotopic (exact) mass is 364 g/mol. The molecule has 96 valence electrons. The molecule has 0 atom stereocenters. The summed E-state index contributed by atoms with van der Waals surface area (Å²) in [4.78, 5) is 7.66. The Kier molecular flexibility index (Phi) is 4.90. The lowest BCUT2D eigenvalue weighted by Gasteiger charge is -2.18. The second-order valence-corrected chi connectivity index (χ2v) is 6.44. The largest absolute Gasteiger partial charge is 0.355 e. The van der Waals surface area contributed by atoms with Gasteiger partial charge in [0.25, 0.3) is 0 Å². The molecule has 0 aliphatic rings. The van der Waals surface area contributed by atoms with Gasteiger partial charge in [0.05, 0.1) is 11.6 Å². The molecule has 0 aliphatic carbocycles. The van der Waals surface area contributed by atoms with Gasteiger partial charge in [-0.05, 0) is 33.6 Å². The van der Waals surface area contributed by atoms with Gasteiger partial charge in [0.1, 0.15) is 5.82 Å². The molecule has 0 saturated carbocycles. The number of halogens is 3. The first-order valence-corrected chi connectivity index (χ1v) is 7.83. The summed E-state index contributed by atoms with van der Waals surface area (Å²) in [5.74, 6) is 1.27. The smallest absolute Gasteiger partial charge is 0.128 e. The molecule has 2 aromatic heterocycles. The molecule has 0 saturated heterocycles. The SMILES string of the molecule is CN(Cc1cc(Br)cs1)c1cc(CCl)c(Cl)cn1. The van der Waals surface area contributed by atoms with Gasteiger partial charge in [0, 0.05) is 33.9 Å². The zero-order chi connectivity index (χ0) is 13.1. The number of pyridine rings is 1. The summed E-state index contributed by atoms with van der Waals surface area (Å²) in [7, 11) is 2.00. The van der Waals surface area contributed by atoms with Crippen molar-refractivity contribution in [3.05, 3.63) is 43.6 Å². The number of hydrogen-bond acceptors (Lipinski definition) is 3. The van der Waals surface area contributed by atoms with Crippen molar-refractivity contribution in [2.75, 3.05) is 11.9 Å². The van der Waals surface area contributed by atoms with Crippen molar-refractivity contribution < 1.29 is 0 Å². The van der Waals surface area contributed by atoms with Crippen LogP contribution in [0.3, 0.4) is 0 Å². The zero-order valence-electron chi connectivity index (χ0n) is 9.66. The number of anilines is 1. The van der Waals surface area contributed by atoms with Gasteiger partial charge in [0.15, 0.2) is 0 Å².